The smallest absolute Gasteiger partial charge is 0.233 e. The minimum Gasteiger partial charge on any atom is -0.355 e. The molecule has 18 heavy (non-hydrogen) atoms. The van der Waals surface area contributed by atoms with Gasteiger partial charge in [0, 0.05) is 6.54 Å². The van der Waals surface area contributed by atoms with Gasteiger partial charge in [0.05, 0.1) is 6.54 Å². The van der Waals surface area contributed by atoms with E-state index in [-0.39, 0.29) is 5.91 Å². The van der Waals surface area contributed by atoms with Crippen LogP contribution in [0.15, 0.2) is 24.3 Å². The van der Waals surface area contributed by atoms with E-state index in [1.54, 1.807) is 0 Å². The van der Waals surface area contributed by atoms with E-state index in [0.717, 1.165) is 13.0 Å². The van der Waals surface area contributed by atoms with Gasteiger partial charge in [0.25, 0.3) is 0 Å². The third-order valence-corrected chi connectivity index (χ3v) is 2.92. The highest BCUT2D eigenvalue weighted by molar-refractivity contribution is 5.77. The number of carbonyl (C=O) groups excluding carboxylic acids is 1. The third-order valence-electron chi connectivity index (χ3n) is 2.92. The molecule has 0 aromatic heterocycles. The molecular formula is C15H24N2O. The highest BCUT2D eigenvalue weighted by Crippen LogP contribution is 2.14. The Hall–Kier alpha value is -1.35. The lowest BCUT2D eigenvalue weighted by molar-refractivity contribution is -0.120. The van der Waals surface area contributed by atoms with Crippen molar-refractivity contribution < 1.29 is 4.79 Å². The second-order valence-corrected chi connectivity index (χ2v) is 4.78. The zero-order valence-electron chi connectivity index (χ0n) is 11.6. The minimum absolute atomic E-state index is 0.0654. The second-order valence-electron chi connectivity index (χ2n) is 4.78. The third kappa shape index (κ3) is 5.32. The Morgan fingerprint density at radius 3 is 2.44 bits per heavy atom. The van der Waals surface area contributed by atoms with Crippen LogP contribution < -0.4 is 10.6 Å². The molecule has 1 amide bonds. The van der Waals surface area contributed by atoms with Crippen molar-refractivity contribution in [2.75, 3.05) is 19.6 Å². The van der Waals surface area contributed by atoms with Crippen LogP contribution in [-0.4, -0.2) is 25.5 Å². The molecule has 0 radical (unpaired) electrons. The Balaban J connectivity index is 2.29. The summed E-state index contributed by atoms with van der Waals surface area (Å²) in [5.41, 5.74) is 2.62. The number of amides is 1. The Bertz CT molecular complexity index is 357. The van der Waals surface area contributed by atoms with Crippen LogP contribution in [0.3, 0.4) is 0 Å². The first-order valence-electron chi connectivity index (χ1n) is 6.69. The van der Waals surface area contributed by atoms with Crippen LogP contribution in [0.5, 0.6) is 0 Å². The van der Waals surface area contributed by atoms with Gasteiger partial charge in [0.1, 0.15) is 0 Å². The number of benzene rings is 1. The van der Waals surface area contributed by atoms with Crippen molar-refractivity contribution in [3.63, 3.8) is 0 Å². The second kappa shape index (κ2) is 7.88. The van der Waals surface area contributed by atoms with Gasteiger partial charge in [0.15, 0.2) is 0 Å². The molecule has 0 spiro atoms. The van der Waals surface area contributed by atoms with Crippen molar-refractivity contribution >= 4 is 5.91 Å². The monoisotopic (exact) mass is 248 g/mol. The summed E-state index contributed by atoms with van der Waals surface area (Å²) in [6.45, 7) is 8.30. The lowest BCUT2D eigenvalue weighted by Crippen LogP contribution is -2.34. The van der Waals surface area contributed by atoms with E-state index in [1.807, 2.05) is 6.92 Å². The largest absolute Gasteiger partial charge is 0.355 e. The molecule has 1 aromatic rings. The highest BCUT2D eigenvalue weighted by Gasteiger charge is 2.01. The van der Waals surface area contributed by atoms with Crippen LogP contribution in [0, 0.1) is 0 Å². The quantitative estimate of drug-likeness (QED) is 0.775. The minimum atomic E-state index is 0.0654. The number of hydrogen-bond donors (Lipinski definition) is 2. The zero-order valence-corrected chi connectivity index (χ0v) is 11.6. The molecular weight excluding hydrogens is 224 g/mol. The molecule has 1 aromatic carbocycles. The van der Waals surface area contributed by atoms with Gasteiger partial charge in [-0.25, -0.2) is 0 Å². The zero-order chi connectivity index (χ0) is 13.4. The van der Waals surface area contributed by atoms with Gasteiger partial charge >= 0.3 is 0 Å². The van der Waals surface area contributed by atoms with Crippen LogP contribution in [0.1, 0.15) is 37.8 Å². The summed E-state index contributed by atoms with van der Waals surface area (Å²) < 4.78 is 0. The molecule has 0 unspecified atom stereocenters. The standard InChI is InChI=1S/C15H24N2O/c1-4-16-11-15(18)17-10-9-13-5-7-14(8-6-13)12(2)3/h5-8,12,16H,4,9-11H2,1-3H3,(H,17,18). The Morgan fingerprint density at radius 1 is 1.22 bits per heavy atom. The van der Waals surface area contributed by atoms with Gasteiger partial charge in [-0.3, -0.25) is 4.79 Å². The normalized spacial score (nSPS) is 10.7. The van der Waals surface area contributed by atoms with Gasteiger partial charge in [-0.05, 0) is 30.0 Å². The van der Waals surface area contributed by atoms with Crippen molar-refractivity contribution in [2.45, 2.75) is 33.1 Å². The maximum atomic E-state index is 11.4. The number of rotatable bonds is 7. The van der Waals surface area contributed by atoms with Crippen molar-refractivity contribution in [1.82, 2.24) is 10.6 Å². The van der Waals surface area contributed by atoms with Crippen molar-refractivity contribution in [3.8, 4) is 0 Å². The van der Waals surface area contributed by atoms with Crippen LogP contribution >= 0.6 is 0 Å². The van der Waals surface area contributed by atoms with Crippen LogP contribution in [0.2, 0.25) is 0 Å². The molecule has 0 aliphatic rings. The number of hydrogen-bond acceptors (Lipinski definition) is 2. The molecule has 3 heteroatoms. The first-order chi connectivity index (χ1) is 8.63. The fraction of sp³-hybridized carbons (Fsp3) is 0.533. The van der Waals surface area contributed by atoms with E-state index >= 15 is 0 Å². The fourth-order valence-electron chi connectivity index (χ4n) is 1.72. The average molecular weight is 248 g/mol. The van der Waals surface area contributed by atoms with Crippen molar-refractivity contribution in [1.29, 1.82) is 0 Å². The summed E-state index contributed by atoms with van der Waals surface area (Å²) in [5, 5.41) is 5.91. The molecule has 0 saturated carbocycles. The molecule has 0 saturated heterocycles. The van der Waals surface area contributed by atoms with E-state index in [1.165, 1.54) is 11.1 Å². The molecule has 0 heterocycles. The summed E-state index contributed by atoms with van der Waals surface area (Å²) in [7, 11) is 0. The Kier molecular flexibility index (Phi) is 6.44. The van der Waals surface area contributed by atoms with Crippen LogP contribution in [-0.2, 0) is 11.2 Å². The van der Waals surface area contributed by atoms with E-state index in [0.29, 0.717) is 19.0 Å². The Morgan fingerprint density at radius 2 is 1.89 bits per heavy atom. The van der Waals surface area contributed by atoms with Gasteiger partial charge in [-0.1, -0.05) is 45.0 Å². The molecule has 0 atom stereocenters. The first kappa shape index (κ1) is 14.7. The molecule has 0 aliphatic heterocycles. The van der Waals surface area contributed by atoms with E-state index in [2.05, 4.69) is 48.7 Å². The van der Waals surface area contributed by atoms with Crippen molar-refractivity contribution in [3.05, 3.63) is 35.4 Å². The maximum absolute atomic E-state index is 11.4. The molecule has 1 rings (SSSR count). The van der Waals surface area contributed by atoms with Gasteiger partial charge < -0.3 is 10.6 Å². The Labute approximate surface area is 110 Å². The highest BCUT2D eigenvalue weighted by atomic mass is 16.1. The maximum Gasteiger partial charge on any atom is 0.233 e. The molecule has 100 valence electrons. The molecule has 0 bridgehead atoms. The lowest BCUT2D eigenvalue weighted by Gasteiger charge is -2.08. The van der Waals surface area contributed by atoms with Gasteiger partial charge in [-0.2, -0.15) is 0 Å². The SMILES string of the molecule is CCNCC(=O)NCCc1ccc(C(C)C)cc1. The predicted molar refractivity (Wildman–Crippen MR) is 75.8 cm³/mol. The van der Waals surface area contributed by atoms with E-state index in [9.17, 15) is 4.79 Å². The van der Waals surface area contributed by atoms with E-state index < -0.39 is 0 Å². The van der Waals surface area contributed by atoms with Gasteiger partial charge in [0.2, 0.25) is 5.91 Å². The van der Waals surface area contributed by atoms with Crippen LogP contribution in [0.4, 0.5) is 0 Å². The van der Waals surface area contributed by atoms with Crippen LogP contribution in [0.25, 0.3) is 0 Å². The fourth-order valence-corrected chi connectivity index (χ4v) is 1.72. The van der Waals surface area contributed by atoms with Gasteiger partial charge in [-0.15, -0.1) is 0 Å². The number of nitrogens with one attached hydrogen (secondary N) is 2. The first-order valence-corrected chi connectivity index (χ1v) is 6.69. The molecule has 2 N–H and O–H groups in total. The topological polar surface area (TPSA) is 41.1 Å². The summed E-state index contributed by atoms with van der Waals surface area (Å²) >= 11 is 0. The molecule has 3 nitrogen and oxygen atoms in total. The molecule has 0 aliphatic carbocycles. The van der Waals surface area contributed by atoms with E-state index in [4.69, 9.17) is 0 Å². The summed E-state index contributed by atoms with van der Waals surface area (Å²) in [5.74, 6) is 0.634. The lowest BCUT2D eigenvalue weighted by atomic mass is 10.0. The summed E-state index contributed by atoms with van der Waals surface area (Å²) in [6, 6.07) is 8.62. The summed E-state index contributed by atoms with van der Waals surface area (Å²) in [6.07, 6.45) is 0.885. The molecule has 0 fully saturated rings. The predicted octanol–water partition coefficient (Wildman–Crippen LogP) is 2.08. The van der Waals surface area contributed by atoms with Crippen molar-refractivity contribution in [2.24, 2.45) is 0 Å². The summed E-state index contributed by atoms with van der Waals surface area (Å²) in [4.78, 5) is 11.4. The number of carbonyl (C=O) groups is 1. The number of likely N-dealkylation sites (N-methyl/N-ethyl adjacent to an activating group) is 1. The average Bonchev–Trinajstić information content (AvgIpc) is 2.37.